The van der Waals surface area contributed by atoms with E-state index in [4.69, 9.17) is 16.3 Å². The number of hydrogen-bond donors (Lipinski definition) is 1. The smallest absolute Gasteiger partial charge is 0.263 e. The van der Waals surface area contributed by atoms with E-state index in [1.165, 1.54) is 11.3 Å². The number of carbonyl (C=O) groups excluding carboxylic acids is 1. The maximum Gasteiger partial charge on any atom is 0.263 e. The topological polar surface area (TPSA) is 38.3 Å². The summed E-state index contributed by atoms with van der Waals surface area (Å²) in [6.07, 6.45) is 0. The molecule has 0 radical (unpaired) electrons. The van der Waals surface area contributed by atoms with Gasteiger partial charge in [-0.2, -0.15) is 0 Å². The molecule has 3 nitrogen and oxygen atoms in total. The summed E-state index contributed by atoms with van der Waals surface area (Å²) in [6.45, 7) is 0.480. The van der Waals surface area contributed by atoms with Crippen LogP contribution in [0, 0.1) is 0 Å². The first-order valence-corrected chi connectivity index (χ1v) is 7.96. The molecule has 0 unspecified atom stereocenters. The second-order valence-electron chi connectivity index (χ2n) is 4.78. The van der Waals surface area contributed by atoms with Crippen molar-refractivity contribution in [3.8, 4) is 5.75 Å². The van der Waals surface area contributed by atoms with E-state index < -0.39 is 0 Å². The molecule has 0 saturated carbocycles. The normalized spacial score (nSPS) is 10.6. The molecule has 5 heteroatoms. The molecule has 3 aromatic rings. The van der Waals surface area contributed by atoms with E-state index in [2.05, 4.69) is 5.32 Å². The molecule has 112 valence electrons. The number of ether oxygens (including phenoxy) is 1. The monoisotopic (exact) mass is 331 g/mol. The van der Waals surface area contributed by atoms with Crippen LogP contribution in [0.5, 0.6) is 5.75 Å². The number of methoxy groups -OCH3 is 1. The fourth-order valence-electron chi connectivity index (χ4n) is 2.18. The Bertz CT molecular complexity index is 814. The Kier molecular flexibility index (Phi) is 4.32. The van der Waals surface area contributed by atoms with Crippen molar-refractivity contribution in [3.63, 3.8) is 0 Å². The third kappa shape index (κ3) is 2.93. The van der Waals surface area contributed by atoms with Crippen LogP contribution in [0.15, 0.2) is 48.5 Å². The highest BCUT2D eigenvalue weighted by Crippen LogP contribution is 2.37. The zero-order chi connectivity index (χ0) is 15.5. The van der Waals surface area contributed by atoms with Gasteiger partial charge in [-0.25, -0.2) is 0 Å². The molecular formula is C17H14ClNO2S. The Morgan fingerprint density at radius 3 is 2.73 bits per heavy atom. The molecule has 0 aliphatic heterocycles. The summed E-state index contributed by atoms with van der Waals surface area (Å²) in [6, 6.07) is 15.4. The second kappa shape index (κ2) is 6.38. The Balaban J connectivity index is 1.83. The predicted molar refractivity (Wildman–Crippen MR) is 91.0 cm³/mol. The van der Waals surface area contributed by atoms with Crippen LogP contribution >= 0.6 is 22.9 Å². The predicted octanol–water partition coefficient (Wildman–Crippen LogP) is 4.49. The number of carbonyl (C=O) groups is 1. The lowest BCUT2D eigenvalue weighted by atomic mass is 10.2. The fourth-order valence-corrected chi connectivity index (χ4v) is 3.58. The van der Waals surface area contributed by atoms with E-state index in [1.807, 2.05) is 48.5 Å². The number of amides is 1. The quantitative estimate of drug-likeness (QED) is 0.764. The van der Waals surface area contributed by atoms with Gasteiger partial charge < -0.3 is 10.1 Å². The van der Waals surface area contributed by atoms with Gasteiger partial charge in [-0.05, 0) is 23.8 Å². The minimum absolute atomic E-state index is 0.158. The van der Waals surface area contributed by atoms with Crippen LogP contribution in [0.2, 0.25) is 5.02 Å². The highest BCUT2D eigenvalue weighted by Gasteiger charge is 2.17. The minimum Gasteiger partial charge on any atom is -0.497 e. The molecular weight excluding hydrogens is 318 g/mol. The van der Waals surface area contributed by atoms with Crippen LogP contribution < -0.4 is 10.1 Å². The zero-order valence-corrected chi connectivity index (χ0v) is 13.5. The van der Waals surface area contributed by atoms with Gasteiger partial charge in [0, 0.05) is 16.6 Å². The van der Waals surface area contributed by atoms with Crippen molar-refractivity contribution in [1.82, 2.24) is 5.32 Å². The highest BCUT2D eigenvalue weighted by molar-refractivity contribution is 7.21. The fraction of sp³-hybridized carbons (Fsp3) is 0.118. The summed E-state index contributed by atoms with van der Waals surface area (Å²) >= 11 is 7.74. The van der Waals surface area contributed by atoms with E-state index >= 15 is 0 Å². The number of nitrogens with one attached hydrogen (secondary N) is 1. The van der Waals surface area contributed by atoms with Crippen molar-refractivity contribution < 1.29 is 9.53 Å². The largest absolute Gasteiger partial charge is 0.497 e. The van der Waals surface area contributed by atoms with Gasteiger partial charge in [-0.1, -0.05) is 41.9 Å². The summed E-state index contributed by atoms with van der Waals surface area (Å²) in [5.41, 5.74) is 1.05. The van der Waals surface area contributed by atoms with Crippen LogP contribution in [-0.4, -0.2) is 13.0 Å². The first-order valence-electron chi connectivity index (χ1n) is 6.77. The van der Waals surface area contributed by atoms with Crippen LogP contribution in [0.1, 0.15) is 15.2 Å². The Morgan fingerprint density at radius 1 is 1.23 bits per heavy atom. The van der Waals surface area contributed by atoms with E-state index in [9.17, 15) is 4.79 Å². The van der Waals surface area contributed by atoms with Crippen molar-refractivity contribution in [3.05, 3.63) is 64.0 Å². The van der Waals surface area contributed by atoms with Crippen molar-refractivity contribution >= 4 is 38.9 Å². The minimum atomic E-state index is -0.158. The van der Waals surface area contributed by atoms with Gasteiger partial charge in [0.05, 0.1) is 12.1 Å². The van der Waals surface area contributed by atoms with Crippen molar-refractivity contribution in [2.75, 3.05) is 7.11 Å². The molecule has 2 aromatic carbocycles. The Hall–Kier alpha value is -2.04. The van der Waals surface area contributed by atoms with Crippen molar-refractivity contribution in [1.29, 1.82) is 0 Å². The molecule has 22 heavy (non-hydrogen) atoms. The van der Waals surface area contributed by atoms with E-state index in [0.29, 0.717) is 16.4 Å². The van der Waals surface area contributed by atoms with Crippen molar-refractivity contribution in [2.24, 2.45) is 0 Å². The molecule has 1 N–H and O–H groups in total. The van der Waals surface area contributed by atoms with Crippen LogP contribution in [0.25, 0.3) is 10.1 Å². The maximum absolute atomic E-state index is 12.3. The van der Waals surface area contributed by atoms with E-state index in [1.54, 1.807) is 7.11 Å². The van der Waals surface area contributed by atoms with Crippen LogP contribution in [-0.2, 0) is 6.54 Å². The average Bonchev–Trinajstić information content (AvgIpc) is 2.90. The van der Waals surface area contributed by atoms with Gasteiger partial charge >= 0.3 is 0 Å². The molecule has 1 aromatic heterocycles. The summed E-state index contributed by atoms with van der Waals surface area (Å²) in [7, 11) is 1.61. The molecule has 1 amide bonds. The molecule has 0 aliphatic rings. The number of fused-ring (bicyclic) bond motifs is 1. The van der Waals surface area contributed by atoms with E-state index in [0.717, 1.165) is 21.4 Å². The van der Waals surface area contributed by atoms with Crippen molar-refractivity contribution in [2.45, 2.75) is 6.54 Å². The van der Waals surface area contributed by atoms with Gasteiger partial charge in [0.15, 0.2) is 0 Å². The second-order valence-corrected chi connectivity index (χ2v) is 6.21. The zero-order valence-electron chi connectivity index (χ0n) is 11.9. The van der Waals surface area contributed by atoms with Gasteiger partial charge in [0.25, 0.3) is 5.91 Å². The molecule has 0 bridgehead atoms. The first kappa shape index (κ1) is 14.9. The summed E-state index contributed by atoms with van der Waals surface area (Å²) < 4.78 is 6.17. The molecule has 0 spiro atoms. The third-order valence-corrected chi connectivity index (χ3v) is 5.01. The number of hydrogen-bond acceptors (Lipinski definition) is 3. The number of thiophene rings is 1. The lowest BCUT2D eigenvalue weighted by Crippen LogP contribution is -2.21. The lowest BCUT2D eigenvalue weighted by Gasteiger charge is -2.04. The number of rotatable bonds is 4. The standard InChI is InChI=1S/C17H14ClNO2S/c1-21-12-7-8-14-13(9-12)15(18)16(22-14)17(20)19-10-11-5-3-2-4-6-11/h2-9H,10H2,1H3,(H,19,20). The van der Waals surface area contributed by atoms with E-state index in [-0.39, 0.29) is 5.91 Å². The Labute approximate surface area is 137 Å². The molecule has 1 heterocycles. The number of halogens is 1. The summed E-state index contributed by atoms with van der Waals surface area (Å²) in [5.74, 6) is 0.567. The van der Waals surface area contributed by atoms with Crippen LogP contribution in [0.4, 0.5) is 0 Å². The van der Waals surface area contributed by atoms with Crippen LogP contribution in [0.3, 0.4) is 0 Å². The highest BCUT2D eigenvalue weighted by atomic mass is 35.5. The third-order valence-electron chi connectivity index (χ3n) is 3.34. The molecule has 3 rings (SSSR count). The van der Waals surface area contributed by atoms with Gasteiger partial charge in [0.1, 0.15) is 10.6 Å². The first-order chi connectivity index (χ1) is 10.7. The van der Waals surface area contributed by atoms with Gasteiger partial charge in [-0.15, -0.1) is 11.3 Å². The molecule has 0 atom stereocenters. The summed E-state index contributed by atoms with van der Waals surface area (Å²) in [4.78, 5) is 12.9. The molecule has 0 fully saturated rings. The maximum atomic E-state index is 12.3. The van der Waals surface area contributed by atoms with Gasteiger partial charge in [0.2, 0.25) is 0 Å². The molecule has 0 saturated heterocycles. The number of benzene rings is 2. The lowest BCUT2D eigenvalue weighted by molar-refractivity contribution is 0.0955. The Morgan fingerprint density at radius 2 is 2.00 bits per heavy atom. The summed E-state index contributed by atoms with van der Waals surface area (Å²) in [5, 5.41) is 4.22. The molecule has 0 aliphatic carbocycles. The average molecular weight is 332 g/mol. The SMILES string of the molecule is COc1ccc2sc(C(=O)NCc3ccccc3)c(Cl)c2c1. The van der Waals surface area contributed by atoms with Gasteiger partial charge in [-0.3, -0.25) is 4.79 Å².